The molecule has 7 nitrogen and oxygen atoms in total. The molecule has 3 aromatic rings. The molecular formula is C22H25N5O2S. The zero-order chi connectivity index (χ0) is 21.6. The van der Waals surface area contributed by atoms with E-state index in [1.165, 1.54) is 11.8 Å². The fourth-order valence-electron chi connectivity index (χ4n) is 2.86. The van der Waals surface area contributed by atoms with Crippen molar-refractivity contribution in [1.29, 1.82) is 0 Å². The molecule has 0 atom stereocenters. The van der Waals surface area contributed by atoms with Crippen LogP contribution in [0.4, 0.5) is 5.69 Å². The summed E-state index contributed by atoms with van der Waals surface area (Å²) in [6, 6.07) is 17.0. The molecular weight excluding hydrogens is 398 g/mol. The van der Waals surface area contributed by atoms with Crippen LogP contribution in [-0.4, -0.2) is 38.9 Å². The molecule has 2 aromatic carbocycles. The molecule has 0 unspecified atom stereocenters. The van der Waals surface area contributed by atoms with Crippen molar-refractivity contribution in [3.63, 3.8) is 0 Å². The van der Waals surface area contributed by atoms with Gasteiger partial charge in [0.2, 0.25) is 5.91 Å². The predicted octanol–water partition coefficient (Wildman–Crippen LogP) is 3.25. The van der Waals surface area contributed by atoms with Crippen molar-refractivity contribution >= 4 is 29.3 Å². The minimum absolute atomic E-state index is 0.175. The summed E-state index contributed by atoms with van der Waals surface area (Å²) in [5.41, 5.74) is 2.04. The lowest BCUT2D eigenvalue weighted by molar-refractivity contribution is -0.113. The fraction of sp³-hybridized carbons (Fsp3) is 0.273. The van der Waals surface area contributed by atoms with Crippen LogP contribution in [0.1, 0.15) is 29.8 Å². The van der Waals surface area contributed by atoms with Crippen LogP contribution < -0.4 is 10.6 Å². The second-order valence-electron chi connectivity index (χ2n) is 7.57. The fourth-order valence-corrected chi connectivity index (χ4v) is 3.55. The van der Waals surface area contributed by atoms with Crippen LogP contribution in [-0.2, 0) is 17.3 Å². The number of amides is 2. The third-order valence-corrected chi connectivity index (χ3v) is 5.69. The van der Waals surface area contributed by atoms with Gasteiger partial charge in [0, 0.05) is 30.3 Å². The standard InChI is InChI=1S/C22H25N5O2S/c1-22(2,17-9-5-4-6-10-17)14-23-20(29)16-8-7-11-18(12-16)25-19(28)13-30-21-26-24-15-27(21)3/h4-12,15H,13-14H2,1-3H3,(H,23,29)(H,25,28). The predicted molar refractivity (Wildman–Crippen MR) is 119 cm³/mol. The molecule has 2 N–H and O–H groups in total. The Labute approximate surface area is 180 Å². The summed E-state index contributed by atoms with van der Waals surface area (Å²) in [5.74, 6) is -0.150. The average molecular weight is 424 g/mol. The van der Waals surface area contributed by atoms with Gasteiger partial charge in [0.15, 0.2) is 5.16 Å². The number of hydrogen-bond acceptors (Lipinski definition) is 5. The number of carbonyl (C=O) groups excluding carboxylic acids is 2. The van der Waals surface area contributed by atoms with Crippen molar-refractivity contribution in [2.24, 2.45) is 7.05 Å². The van der Waals surface area contributed by atoms with E-state index in [1.807, 2.05) is 25.2 Å². The highest BCUT2D eigenvalue weighted by Crippen LogP contribution is 2.22. The van der Waals surface area contributed by atoms with Crippen molar-refractivity contribution < 1.29 is 9.59 Å². The Kier molecular flexibility index (Phi) is 6.89. The van der Waals surface area contributed by atoms with Crippen LogP contribution in [0.5, 0.6) is 0 Å². The van der Waals surface area contributed by atoms with E-state index in [2.05, 4.69) is 46.8 Å². The molecule has 0 aliphatic carbocycles. The molecule has 0 aliphatic rings. The maximum Gasteiger partial charge on any atom is 0.251 e. The Morgan fingerprint density at radius 3 is 2.57 bits per heavy atom. The number of thioether (sulfide) groups is 1. The Hall–Kier alpha value is -3.13. The van der Waals surface area contributed by atoms with Gasteiger partial charge in [0.1, 0.15) is 6.33 Å². The van der Waals surface area contributed by atoms with Crippen molar-refractivity contribution in [2.75, 3.05) is 17.6 Å². The second-order valence-corrected chi connectivity index (χ2v) is 8.52. The van der Waals surface area contributed by atoms with Crippen molar-refractivity contribution in [3.05, 3.63) is 72.1 Å². The molecule has 8 heteroatoms. The van der Waals surface area contributed by atoms with Crippen LogP contribution in [0.25, 0.3) is 0 Å². The van der Waals surface area contributed by atoms with Gasteiger partial charge >= 0.3 is 0 Å². The molecule has 0 saturated heterocycles. The quantitative estimate of drug-likeness (QED) is 0.543. The average Bonchev–Trinajstić information content (AvgIpc) is 3.16. The number of nitrogens with zero attached hydrogens (tertiary/aromatic N) is 3. The number of carbonyl (C=O) groups is 2. The first-order chi connectivity index (χ1) is 14.3. The molecule has 156 valence electrons. The topological polar surface area (TPSA) is 88.9 Å². The van der Waals surface area contributed by atoms with Crippen molar-refractivity contribution in [2.45, 2.75) is 24.4 Å². The SMILES string of the molecule is Cn1cnnc1SCC(=O)Nc1cccc(C(=O)NCC(C)(C)c2ccccc2)c1. The van der Waals surface area contributed by atoms with Crippen LogP contribution >= 0.6 is 11.8 Å². The molecule has 0 fully saturated rings. The third kappa shape index (κ3) is 5.70. The van der Waals surface area contributed by atoms with Gasteiger partial charge in [0.25, 0.3) is 5.91 Å². The highest BCUT2D eigenvalue weighted by Gasteiger charge is 2.21. The highest BCUT2D eigenvalue weighted by molar-refractivity contribution is 7.99. The van der Waals surface area contributed by atoms with E-state index < -0.39 is 0 Å². The summed E-state index contributed by atoms with van der Waals surface area (Å²) in [6.45, 7) is 4.68. The minimum Gasteiger partial charge on any atom is -0.351 e. The van der Waals surface area contributed by atoms with E-state index in [0.717, 1.165) is 5.56 Å². The van der Waals surface area contributed by atoms with E-state index >= 15 is 0 Å². The summed E-state index contributed by atoms with van der Waals surface area (Å²) in [7, 11) is 1.82. The lowest BCUT2D eigenvalue weighted by atomic mass is 9.84. The maximum absolute atomic E-state index is 12.6. The smallest absolute Gasteiger partial charge is 0.251 e. The Morgan fingerprint density at radius 1 is 1.10 bits per heavy atom. The Bertz CT molecular complexity index is 1020. The Balaban J connectivity index is 1.55. The normalized spacial score (nSPS) is 11.2. The first-order valence-corrected chi connectivity index (χ1v) is 10.5. The van der Waals surface area contributed by atoms with Gasteiger partial charge in [-0.1, -0.05) is 62.0 Å². The molecule has 0 bridgehead atoms. The van der Waals surface area contributed by atoms with Gasteiger partial charge in [-0.25, -0.2) is 0 Å². The molecule has 0 aliphatic heterocycles. The molecule has 2 amide bonds. The zero-order valence-corrected chi connectivity index (χ0v) is 18.1. The van der Waals surface area contributed by atoms with Crippen LogP contribution in [0, 0.1) is 0 Å². The monoisotopic (exact) mass is 423 g/mol. The van der Waals surface area contributed by atoms with Gasteiger partial charge in [-0.3, -0.25) is 9.59 Å². The molecule has 30 heavy (non-hydrogen) atoms. The first kappa shape index (κ1) is 21.6. The highest BCUT2D eigenvalue weighted by atomic mass is 32.2. The van der Waals surface area contributed by atoms with E-state index in [-0.39, 0.29) is 23.0 Å². The number of aryl methyl sites for hydroxylation is 1. The van der Waals surface area contributed by atoms with E-state index in [1.54, 1.807) is 35.2 Å². The van der Waals surface area contributed by atoms with Gasteiger partial charge in [-0.15, -0.1) is 10.2 Å². The lowest BCUT2D eigenvalue weighted by Crippen LogP contribution is -2.36. The van der Waals surface area contributed by atoms with Crippen molar-refractivity contribution in [3.8, 4) is 0 Å². The largest absolute Gasteiger partial charge is 0.351 e. The molecule has 1 aromatic heterocycles. The number of aromatic nitrogens is 3. The number of benzene rings is 2. The summed E-state index contributed by atoms with van der Waals surface area (Å²) in [4.78, 5) is 24.9. The third-order valence-electron chi connectivity index (χ3n) is 4.66. The van der Waals surface area contributed by atoms with Crippen LogP contribution in [0.3, 0.4) is 0 Å². The van der Waals surface area contributed by atoms with E-state index in [0.29, 0.717) is 23.0 Å². The minimum atomic E-state index is -0.195. The molecule has 1 heterocycles. The van der Waals surface area contributed by atoms with E-state index in [9.17, 15) is 9.59 Å². The molecule has 0 saturated carbocycles. The number of nitrogens with one attached hydrogen (secondary N) is 2. The van der Waals surface area contributed by atoms with Gasteiger partial charge in [-0.2, -0.15) is 0 Å². The molecule has 3 rings (SSSR count). The summed E-state index contributed by atoms with van der Waals surface area (Å²) < 4.78 is 1.75. The number of anilines is 1. The maximum atomic E-state index is 12.6. The van der Waals surface area contributed by atoms with Gasteiger partial charge < -0.3 is 15.2 Å². The Morgan fingerprint density at radius 2 is 1.87 bits per heavy atom. The summed E-state index contributed by atoms with van der Waals surface area (Å²) >= 11 is 1.30. The summed E-state index contributed by atoms with van der Waals surface area (Å²) in [5, 5.41) is 14.2. The number of rotatable bonds is 8. The molecule has 0 radical (unpaired) electrons. The van der Waals surface area contributed by atoms with Gasteiger partial charge in [-0.05, 0) is 23.8 Å². The van der Waals surface area contributed by atoms with Crippen molar-refractivity contribution in [1.82, 2.24) is 20.1 Å². The van der Waals surface area contributed by atoms with Crippen LogP contribution in [0.15, 0.2) is 66.1 Å². The van der Waals surface area contributed by atoms with Gasteiger partial charge in [0.05, 0.1) is 5.75 Å². The van der Waals surface area contributed by atoms with E-state index in [4.69, 9.17) is 0 Å². The lowest BCUT2D eigenvalue weighted by Gasteiger charge is -2.25. The zero-order valence-electron chi connectivity index (χ0n) is 17.3. The number of hydrogen-bond donors (Lipinski definition) is 2. The van der Waals surface area contributed by atoms with Crippen LogP contribution in [0.2, 0.25) is 0 Å². The summed E-state index contributed by atoms with van der Waals surface area (Å²) in [6.07, 6.45) is 1.58. The second kappa shape index (κ2) is 9.58. The first-order valence-electron chi connectivity index (χ1n) is 9.55. The molecule has 0 spiro atoms.